The van der Waals surface area contributed by atoms with Gasteiger partial charge in [0, 0.05) is 6.08 Å². The number of nitrogens with zero attached hydrogens (tertiary/aromatic N) is 2. The van der Waals surface area contributed by atoms with Crippen molar-refractivity contribution in [1.82, 2.24) is 4.98 Å². The lowest BCUT2D eigenvalue weighted by atomic mass is 10.3. The number of nitriles is 1. The van der Waals surface area contributed by atoms with Crippen molar-refractivity contribution >= 4 is 27.9 Å². The second-order valence-electron chi connectivity index (χ2n) is 3.79. The first-order chi connectivity index (χ1) is 9.39. The van der Waals surface area contributed by atoms with Crippen molar-refractivity contribution < 1.29 is 18.3 Å². The van der Waals surface area contributed by atoms with E-state index in [1.165, 1.54) is 24.3 Å². The molecule has 1 heterocycles. The molecule has 0 radical (unpaired) electrons. The monoisotopic (exact) mass is 295 g/mol. The molecular weight excluding hydrogens is 282 g/mol. The van der Waals surface area contributed by atoms with E-state index in [9.17, 15) is 13.2 Å². The van der Waals surface area contributed by atoms with E-state index < -0.39 is 21.2 Å². The third kappa shape index (κ3) is 4.37. The number of nitrogens with one attached hydrogen (secondary N) is 1. The summed E-state index contributed by atoms with van der Waals surface area (Å²) >= 11 is 0. The van der Waals surface area contributed by atoms with Gasteiger partial charge in [0.1, 0.15) is 5.82 Å². The van der Waals surface area contributed by atoms with Gasteiger partial charge in [-0.1, -0.05) is 13.0 Å². The molecule has 8 heteroatoms. The molecule has 2 N–H and O–H groups in total. The number of pyridine rings is 1. The molecule has 0 aliphatic carbocycles. The minimum absolute atomic E-state index is 0.0336. The van der Waals surface area contributed by atoms with Crippen molar-refractivity contribution in [2.75, 3.05) is 4.72 Å². The van der Waals surface area contributed by atoms with E-state index in [1.54, 1.807) is 13.0 Å². The highest BCUT2D eigenvalue weighted by Crippen LogP contribution is 2.12. The summed E-state index contributed by atoms with van der Waals surface area (Å²) in [6, 6.07) is 6.17. The van der Waals surface area contributed by atoms with Gasteiger partial charge in [-0.15, -0.1) is 0 Å². The molecule has 0 saturated carbocycles. The maximum absolute atomic E-state index is 11.9. The van der Waals surface area contributed by atoms with E-state index >= 15 is 0 Å². The van der Waals surface area contributed by atoms with Gasteiger partial charge in [0.25, 0.3) is 0 Å². The van der Waals surface area contributed by atoms with Crippen molar-refractivity contribution in [2.45, 2.75) is 18.6 Å². The first kappa shape index (κ1) is 15.7. The Kier molecular flexibility index (Phi) is 5.23. The molecular formula is C12H13N3O4S. The van der Waals surface area contributed by atoms with E-state index in [4.69, 9.17) is 10.4 Å². The van der Waals surface area contributed by atoms with Crippen LogP contribution in [0.2, 0.25) is 0 Å². The predicted octanol–water partition coefficient (Wildman–Crippen LogP) is 1.22. The molecule has 0 spiro atoms. The van der Waals surface area contributed by atoms with Crippen LogP contribution < -0.4 is 4.72 Å². The van der Waals surface area contributed by atoms with Crippen LogP contribution in [0, 0.1) is 11.3 Å². The van der Waals surface area contributed by atoms with Crippen LogP contribution >= 0.6 is 0 Å². The molecule has 0 amide bonds. The second kappa shape index (κ2) is 6.68. The summed E-state index contributed by atoms with van der Waals surface area (Å²) < 4.78 is 25.9. The second-order valence-corrected chi connectivity index (χ2v) is 5.66. The van der Waals surface area contributed by atoms with E-state index in [1.807, 2.05) is 0 Å². The molecule has 0 aliphatic rings. The van der Waals surface area contributed by atoms with Crippen LogP contribution in [0.3, 0.4) is 0 Å². The summed E-state index contributed by atoms with van der Waals surface area (Å²) in [4.78, 5) is 14.3. The van der Waals surface area contributed by atoms with Crippen LogP contribution in [0.1, 0.15) is 19.0 Å². The third-order valence-corrected chi connectivity index (χ3v) is 3.99. The Balaban J connectivity index is 2.97. The fourth-order valence-corrected chi connectivity index (χ4v) is 2.48. The highest BCUT2D eigenvalue weighted by molar-refractivity contribution is 7.93. The van der Waals surface area contributed by atoms with Gasteiger partial charge < -0.3 is 5.11 Å². The molecule has 7 nitrogen and oxygen atoms in total. The van der Waals surface area contributed by atoms with Gasteiger partial charge in [-0.05, 0) is 24.6 Å². The molecule has 106 valence electrons. The Morgan fingerprint density at radius 3 is 2.85 bits per heavy atom. The summed E-state index contributed by atoms with van der Waals surface area (Å²) in [5.41, 5.74) is 0.289. The number of carboxylic acid groups (broad SMARTS) is 1. The van der Waals surface area contributed by atoms with E-state index in [0.29, 0.717) is 0 Å². The number of aliphatic carboxylic acids is 1. The van der Waals surface area contributed by atoms with E-state index in [2.05, 4.69) is 9.71 Å². The van der Waals surface area contributed by atoms with Gasteiger partial charge in [0.05, 0.1) is 11.8 Å². The zero-order valence-electron chi connectivity index (χ0n) is 10.6. The lowest BCUT2D eigenvalue weighted by Gasteiger charge is -2.10. The smallest absolute Gasteiger partial charge is 0.328 e. The maximum atomic E-state index is 11.9. The quantitative estimate of drug-likeness (QED) is 0.761. The summed E-state index contributed by atoms with van der Waals surface area (Å²) in [5, 5.41) is 16.1. The van der Waals surface area contributed by atoms with Gasteiger partial charge in [-0.2, -0.15) is 5.26 Å². The maximum Gasteiger partial charge on any atom is 0.328 e. The number of sulfonamides is 1. The van der Waals surface area contributed by atoms with E-state index in [-0.39, 0.29) is 17.9 Å². The molecule has 0 aliphatic heterocycles. The number of aromatic nitrogens is 1. The highest BCUT2D eigenvalue weighted by atomic mass is 32.2. The lowest BCUT2D eigenvalue weighted by molar-refractivity contribution is -0.131. The molecule has 20 heavy (non-hydrogen) atoms. The average Bonchev–Trinajstić information content (AvgIpc) is 2.37. The Hall–Kier alpha value is -2.40. The molecule has 0 saturated heterocycles. The van der Waals surface area contributed by atoms with Crippen LogP contribution in [-0.2, 0) is 14.8 Å². The molecule has 1 unspecified atom stereocenters. The van der Waals surface area contributed by atoms with Gasteiger partial charge in [-0.25, -0.2) is 18.2 Å². The summed E-state index contributed by atoms with van der Waals surface area (Å²) in [6.07, 6.45) is 2.29. The van der Waals surface area contributed by atoms with Crippen LogP contribution in [-0.4, -0.2) is 29.7 Å². The minimum Gasteiger partial charge on any atom is -0.478 e. The van der Waals surface area contributed by atoms with Gasteiger partial charge in [-0.3, -0.25) is 4.72 Å². The van der Waals surface area contributed by atoms with Gasteiger partial charge >= 0.3 is 5.97 Å². The normalized spacial score (nSPS) is 12.8. The molecule has 1 rings (SSSR count). The lowest BCUT2D eigenvalue weighted by Crippen LogP contribution is -2.26. The third-order valence-electron chi connectivity index (χ3n) is 2.30. The van der Waals surface area contributed by atoms with Gasteiger partial charge in [0.15, 0.2) is 5.25 Å². The van der Waals surface area contributed by atoms with Crippen molar-refractivity contribution in [3.63, 3.8) is 0 Å². The van der Waals surface area contributed by atoms with Crippen LogP contribution in [0.25, 0.3) is 6.08 Å². The Labute approximate surface area is 116 Å². The van der Waals surface area contributed by atoms with Crippen LogP contribution in [0.4, 0.5) is 5.82 Å². The Bertz CT molecular complexity index is 662. The number of anilines is 1. The number of carboxylic acids is 1. The Morgan fingerprint density at radius 2 is 2.30 bits per heavy atom. The molecule has 1 atom stereocenters. The highest BCUT2D eigenvalue weighted by Gasteiger charge is 2.23. The first-order valence-corrected chi connectivity index (χ1v) is 7.23. The summed E-state index contributed by atoms with van der Waals surface area (Å²) in [7, 11) is -3.84. The number of carbonyl (C=O) groups is 1. The van der Waals surface area contributed by atoms with Gasteiger partial charge in [0.2, 0.25) is 10.0 Å². The number of hydrogen-bond acceptors (Lipinski definition) is 5. The van der Waals surface area contributed by atoms with Crippen molar-refractivity contribution in [1.29, 1.82) is 5.26 Å². The number of hydrogen-bond donors (Lipinski definition) is 2. The standard InChI is InChI=1S/C12H13N3O4S/c1-2-10(8-13)20(18,19)15-11-5-3-4-9(14-11)6-7-12(16)17/h3-7,10H,2H2,1H3,(H,14,15)(H,16,17). The molecule has 0 fully saturated rings. The predicted molar refractivity (Wildman–Crippen MR) is 73.1 cm³/mol. The SMILES string of the molecule is CCC(C#N)S(=O)(=O)Nc1cccc(C=CC(=O)O)n1. The number of rotatable bonds is 6. The molecule has 1 aromatic rings. The van der Waals surface area contributed by atoms with Crippen molar-refractivity contribution in [3.8, 4) is 6.07 Å². The topological polar surface area (TPSA) is 120 Å². The minimum atomic E-state index is -3.84. The largest absolute Gasteiger partial charge is 0.478 e. The summed E-state index contributed by atoms with van der Waals surface area (Å²) in [6.45, 7) is 1.59. The Morgan fingerprint density at radius 1 is 1.60 bits per heavy atom. The van der Waals surface area contributed by atoms with Crippen LogP contribution in [0.5, 0.6) is 0 Å². The molecule has 1 aromatic heterocycles. The fourth-order valence-electron chi connectivity index (χ4n) is 1.35. The molecule has 0 bridgehead atoms. The average molecular weight is 295 g/mol. The zero-order chi connectivity index (χ0) is 15.2. The molecule has 0 aromatic carbocycles. The zero-order valence-corrected chi connectivity index (χ0v) is 11.5. The van der Waals surface area contributed by atoms with Crippen molar-refractivity contribution in [3.05, 3.63) is 30.0 Å². The van der Waals surface area contributed by atoms with E-state index in [0.717, 1.165) is 6.08 Å². The fraction of sp³-hybridized carbons (Fsp3) is 0.250. The van der Waals surface area contributed by atoms with Crippen LogP contribution in [0.15, 0.2) is 24.3 Å². The van der Waals surface area contributed by atoms with Crippen molar-refractivity contribution in [2.24, 2.45) is 0 Å². The first-order valence-electron chi connectivity index (χ1n) is 5.68. The summed E-state index contributed by atoms with van der Waals surface area (Å²) in [5.74, 6) is -1.10.